The van der Waals surface area contributed by atoms with Crippen LogP contribution in [0.15, 0.2) is 0 Å². The maximum absolute atomic E-state index is 13.8. The van der Waals surface area contributed by atoms with Crippen LogP contribution in [-0.4, -0.2) is 184 Å². The Kier molecular flexibility index (Phi) is 18.6. The number of nitrogens with zero attached hydrogens (tertiary/aromatic N) is 1. The van der Waals surface area contributed by atoms with Crippen molar-refractivity contribution in [3.05, 3.63) is 0 Å². The molecule has 18 atom stereocenters. The summed E-state index contributed by atoms with van der Waals surface area (Å²) in [5, 5.41) is 124. The van der Waals surface area contributed by atoms with Crippen LogP contribution < -0.4 is 10.6 Å². The highest BCUT2D eigenvalue weighted by Gasteiger charge is 2.63. The fourth-order valence-corrected chi connectivity index (χ4v) is 11.8. The number of carbonyl (C=O) groups is 3. The Bertz CT molecular complexity index is 1350. The Morgan fingerprint density at radius 3 is 1.75 bits per heavy atom. The summed E-state index contributed by atoms with van der Waals surface area (Å²) in [7, 11) is 0. The van der Waals surface area contributed by atoms with Gasteiger partial charge < -0.3 is 76.8 Å². The van der Waals surface area contributed by atoms with Gasteiger partial charge in [-0.25, -0.2) is 0 Å². The topological polar surface area (TPSA) is 321 Å². The molecule has 0 bridgehead atoms. The molecule has 3 amide bonds. The molecule has 0 saturated heterocycles. The molecule has 4 rings (SSSR count). The first-order valence-electron chi connectivity index (χ1n) is 22.1. The summed E-state index contributed by atoms with van der Waals surface area (Å²) in [4.78, 5) is 40.3. The van der Waals surface area contributed by atoms with Gasteiger partial charge in [-0.1, -0.05) is 20.8 Å². The van der Waals surface area contributed by atoms with Crippen LogP contribution in [0.4, 0.5) is 0 Å². The summed E-state index contributed by atoms with van der Waals surface area (Å²) >= 11 is 0. The molecule has 4 fully saturated rings. The van der Waals surface area contributed by atoms with Gasteiger partial charge in [0.25, 0.3) is 11.8 Å². The molecule has 0 aromatic rings. The minimum atomic E-state index is -2.11. The smallest absolute Gasteiger partial charge is 0.251 e. The number of rotatable bonds is 22. The second-order valence-electron chi connectivity index (χ2n) is 18.9. The zero-order chi connectivity index (χ0) is 44.7. The van der Waals surface area contributed by atoms with Gasteiger partial charge in [0, 0.05) is 32.6 Å². The molecular weight excluding hydrogens is 786 g/mol. The van der Waals surface area contributed by atoms with Gasteiger partial charge in [0.2, 0.25) is 5.91 Å². The summed E-state index contributed by atoms with van der Waals surface area (Å²) in [5.41, 5.74) is -0.164. The Balaban J connectivity index is 1.35. The molecule has 0 aliphatic heterocycles. The lowest BCUT2D eigenvalue weighted by Crippen LogP contribution is -2.58. The highest BCUT2D eigenvalue weighted by molar-refractivity contribution is 5.81. The molecular formula is C42H75N3O15. The minimum absolute atomic E-state index is 0.0491. The van der Waals surface area contributed by atoms with E-state index in [0.29, 0.717) is 30.1 Å². The Hall–Kier alpha value is -2.07. The van der Waals surface area contributed by atoms with Gasteiger partial charge in [0.05, 0.1) is 25.4 Å². The third-order valence-electron chi connectivity index (χ3n) is 15.5. The average Bonchev–Trinajstić information content (AvgIpc) is 3.61. The Labute approximate surface area is 353 Å². The maximum atomic E-state index is 13.8. The number of aliphatic hydroxyl groups excluding tert-OH is 12. The maximum Gasteiger partial charge on any atom is 0.251 e. The molecule has 18 heteroatoms. The zero-order valence-corrected chi connectivity index (χ0v) is 35.5. The van der Waals surface area contributed by atoms with Crippen molar-refractivity contribution < 1.29 is 75.7 Å². The van der Waals surface area contributed by atoms with Crippen LogP contribution in [-0.2, 0) is 14.4 Å². The van der Waals surface area contributed by atoms with Crippen molar-refractivity contribution in [2.75, 3.05) is 39.4 Å². The number of hydrogen-bond acceptors (Lipinski definition) is 15. The Morgan fingerprint density at radius 2 is 1.23 bits per heavy atom. The largest absolute Gasteiger partial charge is 0.394 e. The summed E-state index contributed by atoms with van der Waals surface area (Å²) in [6.07, 6.45) is -7.85. The molecule has 348 valence electrons. The van der Waals surface area contributed by atoms with Crippen molar-refractivity contribution in [3.8, 4) is 0 Å². The van der Waals surface area contributed by atoms with E-state index in [1.165, 1.54) is 0 Å². The summed E-state index contributed by atoms with van der Waals surface area (Å²) in [6.45, 7) is 5.15. The first kappa shape index (κ1) is 50.6. The first-order chi connectivity index (χ1) is 28.2. The molecule has 0 spiro atoms. The van der Waals surface area contributed by atoms with Crippen molar-refractivity contribution in [3.63, 3.8) is 0 Å². The molecule has 4 aliphatic carbocycles. The van der Waals surface area contributed by atoms with E-state index in [1.54, 1.807) is 4.90 Å². The lowest BCUT2D eigenvalue weighted by atomic mass is 9.43. The first-order valence-corrected chi connectivity index (χ1v) is 22.1. The predicted molar refractivity (Wildman–Crippen MR) is 215 cm³/mol. The Morgan fingerprint density at radius 1 is 0.700 bits per heavy atom. The standard InChI is InChI=1S/C42H75N3O15/c1-22(26-9-10-27-25-8-7-23-18-24(48)12-13-41(23,2)28(25)19-31(51)42(26,27)3)6-11-32(52)45(16-4-14-43-39(59)37(57)35(55)33(53)29(49)20-46)17-5-15-44-40(60)38(58)36(56)34(54)30(50)21-47/h22-31,33-38,46-51,53-58H,4-21H2,1-3H3,(H,43,59)(H,44,60)/t22-,23-,24-,25?,26-,27?,28?,29-,30-,31+,33-,34-,35+,36+,37-,38-,41+,42-/m1/s1. The van der Waals surface area contributed by atoms with Crippen LogP contribution in [0.2, 0.25) is 0 Å². The molecule has 0 aromatic carbocycles. The normalized spacial score (nSPS) is 34.6. The zero-order valence-electron chi connectivity index (χ0n) is 35.5. The number of aliphatic hydroxyl groups is 12. The third-order valence-corrected chi connectivity index (χ3v) is 15.5. The van der Waals surface area contributed by atoms with Crippen LogP contribution in [0, 0.1) is 46.3 Å². The van der Waals surface area contributed by atoms with E-state index >= 15 is 0 Å². The van der Waals surface area contributed by atoms with Crippen LogP contribution in [0.1, 0.15) is 97.8 Å². The SMILES string of the molecule is C[C@H](CCC(=O)N(CCCNC(=O)[C@H](O)[C@@H](O)[C@H](O)[C@H](O)CO)CCCNC(=O)[C@H](O)[C@@H](O)[C@H](O)[C@H](O)CO)[C@H]1CCC2C3CC[C@@H]4C[C@H](O)CC[C@]4(C)C3C[C@H](O)[C@@]21C. The van der Waals surface area contributed by atoms with Crippen molar-refractivity contribution in [1.29, 1.82) is 0 Å². The van der Waals surface area contributed by atoms with Crippen molar-refractivity contribution in [2.45, 2.75) is 159 Å². The lowest BCUT2D eigenvalue weighted by Gasteiger charge is -2.62. The number of nitrogens with one attached hydrogen (secondary N) is 2. The fourth-order valence-electron chi connectivity index (χ4n) is 11.8. The van der Waals surface area contributed by atoms with Crippen molar-refractivity contribution in [1.82, 2.24) is 15.5 Å². The van der Waals surface area contributed by atoms with Gasteiger partial charge in [-0.3, -0.25) is 14.4 Å². The van der Waals surface area contributed by atoms with Crippen LogP contribution in [0.25, 0.3) is 0 Å². The molecule has 0 radical (unpaired) electrons. The molecule has 60 heavy (non-hydrogen) atoms. The van der Waals surface area contributed by atoms with Gasteiger partial charge in [-0.15, -0.1) is 0 Å². The molecule has 4 aliphatic rings. The fraction of sp³-hybridized carbons (Fsp3) is 0.929. The van der Waals surface area contributed by atoms with Gasteiger partial charge in [-0.2, -0.15) is 0 Å². The molecule has 14 N–H and O–H groups in total. The van der Waals surface area contributed by atoms with E-state index in [-0.39, 0.29) is 80.1 Å². The molecule has 4 saturated carbocycles. The number of fused-ring (bicyclic) bond motifs is 5. The van der Waals surface area contributed by atoms with Gasteiger partial charge >= 0.3 is 0 Å². The highest BCUT2D eigenvalue weighted by Crippen LogP contribution is 2.68. The van der Waals surface area contributed by atoms with Gasteiger partial charge in [0.1, 0.15) is 36.6 Å². The predicted octanol–water partition coefficient (Wildman–Crippen LogP) is -2.89. The lowest BCUT2D eigenvalue weighted by molar-refractivity contribution is -0.175. The van der Waals surface area contributed by atoms with E-state index in [4.69, 9.17) is 10.2 Å². The molecule has 3 unspecified atom stereocenters. The van der Waals surface area contributed by atoms with Crippen LogP contribution in [0.3, 0.4) is 0 Å². The van der Waals surface area contributed by atoms with Crippen molar-refractivity contribution >= 4 is 17.7 Å². The van der Waals surface area contributed by atoms with E-state index in [1.807, 2.05) is 0 Å². The second-order valence-corrected chi connectivity index (χ2v) is 18.9. The molecule has 0 aromatic heterocycles. The summed E-state index contributed by atoms with van der Waals surface area (Å²) < 4.78 is 0. The summed E-state index contributed by atoms with van der Waals surface area (Å²) in [5.74, 6) is -0.145. The summed E-state index contributed by atoms with van der Waals surface area (Å²) in [6, 6.07) is 0. The number of amides is 3. The van der Waals surface area contributed by atoms with Gasteiger partial charge in [-0.05, 0) is 117 Å². The van der Waals surface area contributed by atoms with Crippen LogP contribution in [0.5, 0.6) is 0 Å². The molecule has 0 heterocycles. The minimum Gasteiger partial charge on any atom is -0.394 e. The number of carbonyl (C=O) groups excluding carboxylic acids is 3. The van der Waals surface area contributed by atoms with Gasteiger partial charge in [0.15, 0.2) is 12.2 Å². The van der Waals surface area contributed by atoms with Crippen molar-refractivity contribution in [2.24, 2.45) is 46.3 Å². The monoisotopic (exact) mass is 862 g/mol. The van der Waals surface area contributed by atoms with Crippen LogP contribution >= 0.6 is 0 Å². The quantitative estimate of drug-likeness (QED) is 0.0486. The second kappa shape index (κ2) is 22.0. The number of hydrogen-bond donors (Lipinski definition) is 14. The average molecular weight is 862 g/mol. The van der Waals surface area contributed by atoms with E-state index in [9.17, 15) is 65.4 Å². The highest BCUT2D eigenvalue weighted by atomic mass is 16.4. The van der Waals surface area contributed by atoms with E-state index in [0.717, 1.165) is 51.4 Å². The molecule has 18 nitrogen and oxygen atoms in total. The van der Waals surface area contributed by atoms with E-state index in [2.05, 4.69) is 31.4 Å². The van der Waals surface area contributed by atoms with E-state index < -0.39 is 80.0 Å². The third kappa shape index (κ3) is 11.2.